The van der Waals surface area contributed by atoms with Gasteiger partial charge in [0.2, 0.25) is 5.91 Å². The summed E-state index contributed by atoms with van der Waals surface area (Å²) in [5, 5.41) is 7.35. The second kappa shape index (κ2) is 5.10. The molecule has 18 heavy (non-hydrogen) atoms. The first-order valence-corrected chi connectivity index (χ1v) is 5.77. The molecular formula is C12H13ClN4O. The summed E-state index contributed by atoms with van der Waals surface area (Å²) in [6, 6.07) is 6.77. The van der Waals surface area contributed by atoms with Crippen molar-refractivity contribution in [3.8, 4) is 0 Å². The Hall–Kier alpha value is -2.01. The number of nitrogen functional groups attached to an aromatic ring is 1. The minimum atomic E-state index is -0.202. The second-order valence-corrected chi connectivity index (χ2v) is 4.37. The smallest absolute Gasteiger partial charge is 0.246 e. The van der Waals surface area contributed by atoms with E-state index in [1.54, 1.807) is 29.1 Å². The van der Waals surface area contributed by atoms with Crippen molar-refractivity contribution in [1.82, 2.24) is 9.78 Å². The van der Waals surface area contributed by atoms with Gasteiger partial charge in [0, 0.05) is 11.2 Å². The van der Waals surface area contributed by atoms with Crippen LogP contribution in [0.2, 0.25) is 5.02 Å². The lowest BCUT2D eigenvalue weighted by atomic mass is 10.2. The van der Waals surface area contributed by atoms with Gasteiger partial charge in [0.05, 0.1) is 17.1 Å². The normalized spacial score (nSPS) is 10.3. The number of carbonyl (C=O) groups is 1. The summed E-state index contributed by atoms with van der Waals surface area (Å²) in [6.07, 6.45) is 1.75. The molecule has 3 N–H and O–H groups in total. The monoisotopic (exact) mass is 264 g/mol. The molecule has 0 atom stereocenters. The molecule has 2 aromatic rings. The maximum atomic E-state index is 11.8. The Labute approximate surface area is 110 Å². The molecule has 0 saturated carbocycles. The number of nitrogens with zero attached hydrogens (tertiary/aromatic N) is 2. The van der Waals surface area contributed by atoms with Crippen LogP contribution in [0.4, 0.5) is 11.4 Å². The summed E-state index contributed by atoms with van der Waals surface area (Å²) in [7, 11) is 0. The Kier molecular flexibility index (Phi) is 3.53. The standard InChI is InChI=1S/C12H13ClN4O/c1-8-4-5-17(16-8)7-12(18)15-11-6-9(13)2-3-10(11)14/h2-6H,7,14H2,1H3,(H,15,18). The summed E-state index contributed by atoms with van der Waals surface area (Å²) in [6.45, 7) is 2.00. The number of anilines is 2. The van der Waals surface area contributed by atoms with Crippen molar-refractivity contribution in [2.24, 2.45) is 0 Å². The van der Waals surface area contributed by atoms with Crippen LogP contribution < -0.4 is 11.1 Å². The van der Waals surface area contributed by atoms with Crippen molar-refractivity contribution < 1.29 is 4.79 Å². The molecule has 2 rings (SSSR count). The van der Waals surface area contributed by atoms with Gasteiger partial charge in [-0.3, -0.25) is 9.48 Å². The van der Waals surface area contributed by atoms with Gasteiger partial charge in [0.15, 0.2) is 0 Å². The highest BCUT2D eigenvalue weighted by atomic mass is 35.5. The van der Waals surface area contributed by atoms with Crippen LogP contribution in [0, 0.1) is 6.92 Å². The van der Waals surface area contributed by atoms with Crippen LogP contribution in [0.25, 0.3) is 0 Å². The largest absolute Gasteiger partial charge is 0.397 e. The van der Waals surface area contributed by atoms with Crippen LogP contribution in [-0.2, 0) is 11.3 Å². The number of aromatic nitrogens is 2. The third kappa shape index (κ3) is 3.01. The maximum absolute atomic E-state index is 11.8. The summed E-state index contributed by atoms with van der Waals surface area (Å²) in [5.74, 6) is -0.202. The molecule has 1 heterocycles. The third-order valence-electron chi connectivity index (χ3n) is 2.37. The average molecular weight is 265 g/mol. The zero-order valence-corrected chi connectivity index (χ0v) is 10.6. The number of hydrogen-bond donors (Lipinski definition) is 2. The molecule has 0 aliphatic heterocycles. The predicted molar refractivity (Wildman–Crippen MR) is 71.5 cm³/mol. The van der Waals surface area contributed by atoms with Crippen molar-refractivity contribution in [2.45, 2.75) is 13.5 Å². The van der Waals surface area contributed by atoms with Crippen LogP contribution in [0.1, 0.15) is 5.69 Å². The molecule has 0 spiro atoms. The number of nitrogens with two attached hydrogens (primary N) is 1. The maximum Gasteiger partial charge on any atom is 0.246 e. The van der Waals surface area contributed by atoms with E-state index in [0.717, 1.165) is 5.69 Å². The van der Waals surface area contributed by atoms with Gasteiger partial charge >= 0.3 is 0 Å². The number of hydrogen-bond acceptors (Lipinski definition) is 3. The first-order valence-electron chi connectivity index (χ1n) is 5.39. The predicted octanol–water partition coefficient (Wildman–Crippen LogP) is 2.07. The lowest BCUT2D eigenvalue weighted by Gasteiger charge is -2.08. The number of carbonyl (C=O) groups excluding carboxylic acids is 1. The first kappa shape index (κ1) is 12.4. The van der Waals surface area contributed by atoms with Crippen LogP contribution in [0.3, 0.4) is 0 Å². The zero-order valence-electron chi connectivity index (χ0n) is 9.85. The van der Waals surface area contributed by atoms with Crippen molar-refractivity contribution in [3.63, 3.8) is 0 Å². The fraction of sp³-hybridized carbons (Fsp3) is 0.167. The van der Waals surface area contributed by atoms with Gasteiger partial charge in [-0.05, 0) is 31.2 Å². The summed E-state index contributed by atoms with van der Waals surface area (Å²) < 4.78 is 1.56. The van der Waals surface area contributed by atoms with E-state index in [1.165, 1.54) is 0 Å². The highest BCUT2D eigenvalue weighted by molar-refractivity contribution is 6.31. The highest BCUT2D eigenvalue weighted by Gasteiger charge is 2.07. The van der Waals surface area contributed by atoms with E-state index < -0.39 is 0 Å². The summed E-state index contributed by atoms with van der Waals surface area (Å²) in [5.41, 5.74) is 7.59. The van der Waals surface area contributed by atoms with Crippen molar-refractivity contribution >= 4 is 28.9 Å². The van der Waals surface area contributed by atoms with E-state index in [2.05, 4.69) is 10.4 Å². The Bertz CT molecular complexity index is 579. The Balaban J connectivity index is 2.05. The number of aryl methyl sites for hydroxylation is 1. The molecule has 1 aromatic carbocycles. The van der Waals surface area contributed by atoms with Gasteiger partial charge < -0.3 is 11.1 Å². The van der Waals surface area contributed by atoms with Gasteiger partial charge in [0.1, 0.15) is 6.54 Å². The molecule has 0 radical (unpaired) electrons. The van der Waals surface area contributed by atoms with Crippen LogP contribution in [-0.4, -0.2) is 15.7 Å². The molecule has 0 fully saturated rings. The minimum Gasteiger partial charge on any atom is -0.397 e. The number of benzene rings is 1. The van der Waals surface area contributed by atoms with Crippen molar-refractivity contribution in [3.05, 3.63) is 41.2 Å². The van der Waals surface area contributed by atoms with Crippen LogP contribution >= 0.6 is 11.6 Å². The van der Waals surface area contributed by atoms with Crippen molar-refractivity contribution in [1.29, 1.82) is 0 Å². The summed E-state index contributed by atoms with van der Waals surface area (Å²) in [4.78, 5) is 11.8. The fourth-order valence-corrected chi connectivity index (χ4v) is 1.70. The topological polar surface area (TPSA) is 72.9 Å². The molecule has 5 nitrogen and oxygen atoms in total. The lowest BCUT2D eigenvalue weighted by molar-refractivity contribution is -0.116. The van der Waals surface area contributed by atoms with Gasteiger partial charge in [-0.2, -0.15) is 5.10 Å². The number of nitrogens with one attached hydrogen (secondary N) is 1. The van der Waals surface area contributed by atoms with E-state index in [4.69, 9.17) is 17.3 Å². The van der Waals surface area contributed by atoms with Gasteiger partial charge in [-0.25, -0.2) is 0 Å². The molecule has 0 saturated heterocycles. The van der Waals surface area contributed by atoms with E-state index in [1.807, 2.05) is 13.0 Å². The van der Waals surface area contributed by atoms with E-state index >= 15 is 0 Å². The van der Waals surface area contributed by atoms with Crippen LogP contribution in [0.15, 0.2) is 30.5 Å². The van der Waals surface area contributed by atoms with Crippen LogP contribution in [0.5, 0.6) is 0 Å². The molecular weight excluding hydrogens is 252 g/mol. The molecule has 0 unspecified atom stereocenters. The molecule has 0 aliphatic rings. The molecule has 1 aromatic heterocycles. The quantitative estimate of drug-likeness (QED) is 0.834. The number of halogens is 1. The fourth-order valence-electron chi connectivity index (χ4n) is 1.52. The highest BCUT2D eigenvalue weighted by Crippen LogP contribution is 2.22. The van der Waals surface area contributed by atoms with E-state index in [9.17, 15) is 4.79 Å². The van der Waals surface area contributed by atoms with Gasteiger partial charge in [-0.15, -0.1) is 0 Å². The van der Waals surface area contributed by atoms with E-state index in [0.29, 0.717) is 16.4 Å². The van der Waals surface area contributed by atoms with Crippen molar-refractivity contribution in [2.75, 3.05) is 11.1 Å². The SMILES string of the molecule is Cc1ccn(CC(=O)Nc2cc(Cl)ccc2N)n1. The van der Waals surface area contributed by atoms with Gasteiger partial charge in [-0.1, -0.05) is 11.6 Å². The Morgan fingerprint density at radius 3 is 2.94 bits per heavy atom. The molecule has 6 heteroatoms. The second-order valence-electron chi connectivity index (χ2n) is 3.93. The van der Waals surface area contributed by atoms with E-state index in [-0.39, 0.29) is 12.5 Å². The number of amides is 1. The summed E-state index contributed by atoms with van der Waals surface area (Å²) >= 11 is 5.84. The molecule has 1 amide bonds. The Morgan fingerprint density at radius 1 is 1.50 bits per heavy atom. The molecule has 0 bridgehead atoms. The minimum absolute atomic E-state index is 0.139. The molecule has 0 aliphatic carbocycles. The first-order chi connectivity index (χ1) is 8.54. The third-order valence-corrected chi connectivity index (χ3v) is 2.60. The molecule has 94 valence electrons. The van der Waals surface area contributed by atoms with Gasteiger partial charge in [0.25, 0.3) is 0 Å². The lowest BCUT2D eigenvalue weighted by Crippen LogP contribution is -2.19. The zero-order chi connectivity index (χ0) is 13.1. The average Bonchev–Trinajstić information content (AvgIpc) is 2.69. The number of rotatable bonds is 3. The Morgan fingerprint density at radius 2 is 2.28 bits per heavy atom.